The zero-order valence-corrected chi connectivity index (χ0v) is 17.8. The van der Waals surface area contributed by atoms with Gasteiger partial charge < -0.3 is 19.1 Å². The fourth-order valence-corrected chi connectivity index (χ4v) is 3.31. The number of rotatable bonds is 4. The van der Waals surface area contributed by atoms with Gasteiger partial charge in [0, 0.05) is 6.54 Å². The topological polar surface area (TPSA) is 48.0 Å². The van der Waals surface area contributed by atoms with Gasteiger partial charge in [-0.1, -0.05) is 23.7 Å². The van der Waals surface area contributed by atoms with Gasteiger partial charge in [-0.2, -0.15) is 0 Å². The molecule has 1 heterocycles. The first-order valence-corrected chi connectivity index (χ1v) is 9.97. The molecule has 3 rings (SSSR count). The van der Waals surface area contributed by atoms with Crippen LogP contribution < -0.4 is 4.74 Å². The molecule has 5 nitrogen and oxygen atoms in total. The fraction of sp³-hybridized carbons (Fsp3) is 0.409. The van der Waals surface area contributed by atoms with Gasteiger partial charge in [-0.3, -0.25) is 0 Å². The molecule has 1 aliphatic rings. The maximum atomic E-state index is 13.9. The van der Waals surface area contributed by atoms with Gasteiger partial charge >= 0.3 is 6.09 Å². The van der Waals surface area contributed by atoms with Gasteiger partial charge in [0.25, 0.3) is 0 Å². The van der Waals surface area contributed by atoms with E-state index in [2.05, 4.69) is 0 Å². The summed E-state index contributed by atoms with van der Waals surface area (Å²) in [7, 11) is 0. The SMILES string of the molecule is CC(C)(C)OC(=O)N1CCOC([C@@H](Oc2ccc(F)cc2Cl)c2cccc(F)c2)C1. The van der Waals surface area contributed by atoms with Gasteiger partial charge in [0.2, 0.25) is 0 Å². The predicted molar refractivity (Wildman–Crippen MR) is 109 cm³/mol. The Kier molecular flexibility index (Phi) is 6.83. The molecule has 0 aliphatic carbocycles. The van der Waals surface area contributed by atoms with Crippen LogP contribution >= 0.6 is 11.6 Å². The van der Waals surface area contributed by atoms with Crippen LogP contribution in [0, 0.1) is 11.6 Å². The summed E-state index contributed by atoms with van der Waals surface area (Å²) >= 11 is 6.12. The van der Waals surface area contributed by atoms with Gasteiger partial charge in [0.05, 0.1) is 18.2 Å². The van der Waals surface area contributed by atoms with Crippen molar-refractivity contribution in [2.24, 2.45) is 0 Å². The first kappa shape index (κ1) is 22.3. The van der Waals surface area contributed by atoms with Crippen LogP contribution in [0.3, 0.4) is 0 Å². The third-order valence-corrected chi connectivity index (χ3v) is 4.70. The lowest BCUT2D eigenvalue weighted by Crippen LogP contribution is -2.50. The molecule has 1 aliphatic heterocycles. The number of carbonyl (C=O) groups excluding carboxylic acids is 1. The van der Waals surface area contributed by atoms with Crippen molar-refractivity contribution in [2.45, 2.75) is 38.6 Å². The summed E-state index contributed by atoms with van der Waals surface area (Å²) in [6, 6.07) is 9.66. The van der Waals surface area contributed by atoms with Crippen molar-refractivity contribution in [1.29, 1.82) is 0 Å². The molecular formula is C22H24ClF2NO4. The molecule has 0 N–H and O–H groups in total. The van der Waals surface area contributed by atoms with Crippen molar-refractivity contribution in [3.8, 4) is 5.75 Å². The summed E-state index contributed by atoms with van der Waals surface area (Å²) in [6.45, 7) is 6.16. The summed E-state index contributed by atoms with van der Waals surface area (Å²) in [4.78, 5) is 14.0. The maximum absolute atomic E-state index is 13.9. The summed E-state index contributed by atoms with van der Waals surface area (Å²) in [5.74, 6) is -0.712. The number of halogens is 3. The maximum Gasteiger partial charge on any atom is 0.410 e. The molecule has 2 atom stereocenters. The number of amides is 1. The Morgan fingerprint density at radius 1 is 1.20 bits per heavy atom. The van der Waals surface area contributed by atoms with Crippen molar-refractivity contribution < 1.29 is 27.8 Å². The first-order chi connectivity index (χ1) is 14.1. The molecular weight excluding hydrogens is 416 g/mol. The number of hydrogen-bond donors (Lipinski definition) is 0. The van der Waals surface area contributed by atoms with Crippen LogP contribution in [0.1, 0.15) is 32.4 Å². The number of nitrogens with zero attached hydrogens (tertiary/aromatic N) is 1. The Bertz CT molecular complexity index is 903. The van der Waals surface area contributed by atoms with Gasteiger partial charge in [-0.05, 0) is 56.7 Å². The minimum Gasteiger partial charge on any atom is -0.481 e. The molecule has 1 saturated heterocycles. The molecule has 0 spiro atoms. The van der Waals surface area contributed by atoms with Gasteiger partial charge in [0.1, 0.15) is 29.1 Å². The summed E-state index contributed by atoms with van der Waals surface area (Å²) in [5, 5.41) is 0.0798. The largest absolute Gasteiger partial charge is 0.481 e. The molecule has 2 aromatic rings. The lowest BCUT2D eigenvalue weighted by molar-refractivity contribution is -0.0837. The molecule has 162 valence electrons. The minimum atomic E-state index is -0.783. The van der Waals surface area contributed by atoms with E-state index in [-0.39, 0.29) is 23.9 Å². The second-order valence-corrected chi connectivity index (χ2v) is 8.41. The molecule has 0 aromatic heterocycles. The molecule has 8 heteroatoms. The molecule has 2 aromatic carbocycles. The van der Waals surface area contributed by atoms with E-state index in [9.17, 15) is 13.6 Å². The minimum absolute atomic E-state index is 0.0798. The van der Waals surface area contributed by atoms with E-state index in [0.29, 0.717) is 12.1 Å². The van der Waals surface area contributed by atoms with E-state index in [0.717, 1.165) is 6.07 Å². The Morgan fingerprint density at radius 3 is 2.60 bits per heavy atom. The highest BCUT2D eigenvalue weighted by Crippen LogP contribution is 2.33. The van der Waals surface area contributed by atoms with Crippen molar-refractivity contribution in [1.82, 2.24) is 4.90 Å². The third-order valence-electron chi connectivity index (χ3n) is 4.41. The molecule has 1 fully saturated rings. The van der Waals surface area contributed by atoms with Crippen molar-refractivity contribution in [3.63, 3.8) is 0 Å². The molecule has 0 radical (unpaired) electrons. The molecule has 1 unspecified atom stereocenters. The number of morpholine rings is 1. The lowest BCUT2D eigenvalue weighted by Gasteiger charge is -2.37. The second-order valence-electron chi connectivity index (χ2n) is 8.00. The summed E-state index contributed by atoms with van der Waals surface area (Å²) in [5.41, 5.74) is -0.128. The third kappa shape index (κ3) is 5.83. The Labute approximate surface area is 179 Å². The van der Waals surface area contributed by atoms with E-state index in [1.54, 1.807) is 32.9 Å². The van der Waals surface area contributed by atoms with Gasteiger partial charge in [0.15, 0.2) is 6.10 Å². The lowest BCUT2D eigenvalue weighted by atomic mass is 10.0. The van der Waals surface area contributed by atoms with Crippen LogP contribution in [-0.4, -0.2) is 42.4 Å². The van der Waals surface area contributed by atoms with Crippen molar-refractivity contribution in [2.75, 3.05) is 19.7 Å². The predicted octanol–water partition coefficient (Wildman–Crippen LogP) is 5.37. The molecule has 1 amide bonds. The molecule has 0 bridgehead atoms. The number of carbonyl (C=O) groups is 1. The van der Waals surface area contributed by atoms with Crippen LogP contribution in [0.5, 0.6) is 5.75 Å². The second kappa shape index (κ2) is 9.18. The van der Waals surface area contributed by atoms with Crippen molar-refractivity contribution >= 4 is 17.7 Å². The average molecular weight is 440 g/mol. The van der Waals surface area contributed by atoms with E-state index in [1.807, 2.05) is 0 Å². The quantitative estimate of drug-likeness (QED) is 0.642. The van der Waals surface area contributed by atoms with Crippen LogP contribution in [0.4, 0.5) is 13.6 Å². The van der Waals surface area contributed by atoms with Gasteiger partial charge in [-0.15, -0.1) is 0 Å². The number of hydrogen-bond acceptors (Lipinski definition) is 4. The highest BCUT2D eigenvalue weighted by atomic mass is 35.5. The number of ether oxygens (including phenoxy) is 3. The fourth-order valence-electron chi connectivity index (χ4n) is 3.10. The highest BCUT2D eigenvalue weighted by molar-refractivity contribution is 6.32. The van der Waals surface area contributed by atoms with Crippen LogP contribution in [0.2, 0.25) is 5.02 Å². The highest BCUT2D eigenvalue weighted by Gasteiger charge is 2.35. The normalized spacial score (nSPS) is 18.1. The van der Waals surface area contributed by atoms with E-state index in [1.165, 1.54) is 29.2 Å². The van der Waals surface area contributed by atoms with Gasteiger partial charge in [-0.25, -0.2) is 13.6 Å². The smallest absolute Gasteiger partial charge is 0.410 e. The summed E-state index contributed by atoms with van der Waals surface area (Å²) < 4.78 is 44.7. The summed E-state index contributed by atoms with van der Waals surface area (Å²) in [6.07, 6.45) is -1.86. The van der Waals surface area contributed by atoms with Crippen LogP contribution in [0.25, 0.3) is 0 Å². The van der Waals surface area contributed by atoms with Crippen LogP contribution in [0.15, 0.2) is 42.5 Å². The Hall–Kier alpha value is -2.38. The standard InChI is InChI=1S/C22H24ClF2NO4/c1-22(2,3)30-21(27)26-9-10-28-19(13-26)20(14-5-4-6-15(24)11-14)29-18-8-7-16(25)12-17(18)23/h4-8,11-12,19-20H,9-10,13H2,1-3H3/t19?,20-/m0/s1. The molecule has 0 saturated carbocycles. The number of benzene rings is 2. The molecule has 30 heavy (non-hydrogen) atoms. The monoisotopic (exact) mass is 439 g/mol. The van der Waals surface area contributed by atoms with E-state index < -0.39 is 35.5 Å². The van der Waals surface area contributed by atoms with Crippen LogP contribution in [-0.2, 0) is 9.47 Å². The van der Waals surface area contributed by atoms with Crippen molar-refractivity contribution in [3.05, 3.63) is 64.7 Å². The Balaban J connectivity index is 1.86. The Morgan fingerprint density at radius 2 is 1.93 bits per heavy atom. The van der Waals surface area contributed by atoms with E-state index in [4.69, 9.17) is 25.8 Å². The zero-order valence-electron chi connectivity index (χ0n) is 17.0. The van der Waals surface area contributed by atoms with E-state index >= 15 is 0 Å². The average Bonchev–Trinajstić information content (AvgIpc) is 2.66. The zero-order chi connectivity index (χ0) is 21.9. The first-order valence-electron chi connectivity index (χ1n) is 9.59.